The highest BCUT2D eigenvalue weighted by Crippen LogP contribution is 2.39. The van der Waals surface area contributed by atoms with Gasteiger partial charge in [-0.25, -0.2) is 4.79 Å². The molecule has 1 saturated heterocycles. The highest BCUT2D eigenvalue weighted by atomic mass is 35.5. The third-order valence-electron chi connectivity index (χ3n) is 6.45. The van der Waals surface area contributed by atoms with Crippen LogP contribution in [0.3, 0.4) is 0 Å². The molecule has 0 radical (unpaired) electrons. The lowest BCUT2D eigenvalue weighted by Crippen LogP contribution is -2.41. The van der Waals surface area contributed by atoms with E-state index in [-0.39, 0.29) is 12.7 Å². The molecule has 0 bridgehead atoms. The highest BCUT2D eigenvalue weighted by molar-refractivity contribution is 6.31. The van der Waals surface area contributed by atoms with Gasteiger partial charge in [0.25, 0.3) is 0 Å². The van der Waals surface area contributed by atoms with E-state index in [1.54, 1.807) is 11.8 Å². The minimum absolute atomic E-state index is 0.0584. The van der Waals surface area contributed by atoms with Gasteiger partial charge in [-0.15, -0.1) is 5.92 Å². The second-order valence-electron chi connectivity index (χ2n) is 8.70. The summed E-state index contributed by atoms with van der Waals surface area (Å²) < 4.78 is 11.6. The molecule has 184 valence electrons. The average molecular weight is 494 g/mol. The Kier molecular flexibility index (Phi) is 8.22. The summed E-state index contributed by atoms with van der Waals surface area (Å²) in [5.41, 5.74) is 3.83. The van der Waals surface area contributed by atoms with Crippen molar-refractivity contribution >= 4 is 28.6 Å². The molecule has 2 aromatic rings. The quantitative estimate of drug-likeness (QED) is 0.309. The minimum atomic E-state index is -0.410. The normalized spacial score (nSPS) is 18.8. The molecule has 35 heavy (non-hydrogen) atoms. The summed E-state index contributed by atoms with van der Waals surface area (Å²) in [4.78, 5) is 18.2. The first-order valence-electron chi connectivity index (χ1n) is 12.1. The van der Waals surface area contributed by atoms with E-state index in [2.05, 4.69) is 28.7 Å². The van der Waals surface area contributed by atoms with E-state index in [0.29, 0.717) is 18.0 Å². The number of aromatic nitrogens is 1. The Morgan fingerprint density at radius 1 is 1.31 bits per heavy atom. The van der Waals surface area contributed by atoms with Crippen LogP contribution < -0.4 is 5.32 Å². The lowest BCUT2D eigenvalue weighted by atomic mass is 9.93. The predicted molar refractivity (Wildman–Crippen MR) is 140 cm³/mol. The SMILES string of the molecule is C=C(/C=C\C(=C/C)OC1CCNCC1)[C@H]1c2[nH]c3ccc(Cl)cc3c2CCN1C(=O)OCC#CC. The van der Waals surface area contributed by atoms with Crippen molar-refractivity contribution in [1.29, 1.82) is 0 Å². The van der Waals surface area contributed by atoms with Gasteiger partial charge >= 0.3 is 6.09 Å². The second-order valence-corrected chi connectivity index (χ2v) is 9.14. The largest absolute Gasteiger partial charge is 0.491 e. The fourth-order valence-corrected chi connectivity index (χ4v) is 4.86. The number of piperidine rings is 1. The standard InChI is InChI=1S/C28H32ClN3O3/c1-4-6-17-34-28(33)32-16-13-23-24-18-20(29)8-10-25(24)31-26(23)27(32)19(3)7-9-21(5-2)35-22-11-14-30-15-12-22/h5,7-10,18,22,27,30-31H,3,11-17H2,1-2H3/b9-7-,21-5+/t27-/m0/s1. The number of rotatable bonds is 6. The summed E-state index contributed by atoms with van der Waals surface area (Å²) in [6, 6.07) is 5.40. The molecular weight excluding hydrogens is 462 g/mol. The Morgan fingerprint density at radius 3 is 2.86 bits per heavy atom. The molecule has 3 heterocycles. The summed E-state index contributed by atoms with van der Waals surface area (Å²) in [6.45, 7) is 10.5. The summed E-state index contributed by atoms with van der Waals surface area (Å²) in [5.74, 6) is 6.34. The maximum Gasteiger partial charge on any atom is 0.411 e. The number of hydrogen-bond acceptors (Lipinski definition) is 4. The van der Waals surface area contributed by atoms with Crippen LogP contribution in [0.2, 0.25) is 5.02 Å². The first-order valence-corrected chi connectivity index (χ1v) is 12.4. The van der Waals surface area contributed by atoms with E-state index in [1.807, 2.05) is 43.4 Å². The van der Waals surface area contributed by atoms with Gasteiger partial charge in [-0.3, -0.25) is 4.90 Å². The topological polar surface area (TPSA) is 66.6 Å². The molecule has 0 spiro atoms. The van der Waals surface area contributed by atoms with Crippen LogP contribution in [-0.4, -0.2) is 48.3 Å². The number of carbonyl (C=O) groups is 1. The van der Waals surface area contributed by atoms with Crippen molar-refractivity contribution in [2.24, 2.45) is 0 Å². The van der Waals surface area contributed by atoms with Crippen LogP contribution in [0, 0.1) is 11.8 Å². The molecule has 0 aliphatic carbocycles. The monoisotopic (exact) mass is 493 g/mol. The smallest absolute Gasteiger partial charge is 0.411 e. The number of ether oxygens (including phenoxy) is 2. The van der Waals surface area contributed by atoms with Crippen LogP contribution in [0.15, 0.2) is 54.3 Å². The van der Waals surface area contributed by atoms with Gasteiger partial charge in [0.15, 0.2) is 6.61 Å². The summed E-state index contributed by atoms with van der Waals surface area (Å²) >= 11 is 6.28. The lowest BCUT2D eigenvalue weighted by molar-refractivity contribution is 0.0955. The number of H-pyrrole nitrogens is 1. The van der Waals surface area contributed by atoms with Gasteiger partial charge in [0.2, 0.25) is 0 Å². The number of nitrogens with zero attached hydrogens (tertiary/aromatic N) is 1. The minimum Gasteiger partial charge on any atom is -0.491 e. The zero-order chi connectivity index (χ0) is 24.8. The number of halogens is 1. The van der Waals surface area contributed by atoms with Crippen molar-refractivity contribution in [2.45, 2.75) is 45.3 Å². The van der Waals surface area contributed by atoms with Crippen molar-refractivity contribution in [2.75, 3.05) is 26.2 Å². The van der Waals surface area contributed by atoms with Crippen LogP contribution in [0.1, 0.15) is 44.0 Å². The van der Waals surface area contributed by atoms with Crippen molar-refractivity contribution in [3.8, 4) is 11.8 Å². The number of amides is 1. The zero-order valence-corrected chi connectivity index (χ0v) is 21.1. The van der Waals surface area contributed by atoms with Gasteiger partial charge < -0.3 is 19.8 Å². The van der Waals surface area contributed by atoms with Crippen molar-refractivity contribution in [3.05, 3.63) is 70.6 Å². The number of nitrogens with one attached hydrogen (secondary N) is 2. The van der Waals surface area contributed by atoms with Gasteiger partial charge in [0, 0.05) is 28.2 Å². The van der Waals surface area contributed by atoms with E-state index in [0.717, 1.165) is 59.4 Å². The van der Waals surface area contributed by atoms with E-state index in [4.69, 9.17) is 21.1 Å². The molecule has 1 atom stereocenters. The Bertz CT molecular complexity index is 1210. The maximum atomic E-state index is 13.0. The first-order chi connectivity index (χ1) is 17.0. The highest BCUT2D eigenvalue weighted by Gasteiger charge is 2.35. The summed E-state index contributed by atoms with van der Waals surface area (Å²) in [5, 5.41) is 5.11. The number of hydrogen-bond donors (Lipinski definition) is 2. The van der Waals surface area contributed by atoms with Crippen LogP contribution >= 0.6 is 11.6 Å². The lowest BCUT2D eigenvalue weighted by Gasteiger charge is -2.35. The number of allylic oxidation sites excluding steroid dienone is 2. The Morgan fingerprint density at radius 2 is 2.11 bits per heavy atom. The van der Waals surface area contributed by atoms with Gasteiger partial charge in [0.05, 0.1) is 0 Å². The number of aromatic amines is 1. The molecule has 6 nitrogen and oxygen atoms in total. The van der Waals surface area contributed by atoms with Crippen molar-refractivity contribution < 1.29 is 14.3 Å². The van der Waals surface area contributed by atoms with E-state index in [1.165, 1.54) is 0 Å². The third-order valence-corrected chi connectivity index (χ3v) is 6.69. The third kappa shape index (κ3) is 5.75. The Hall–Kier alpha value is -3.14. The maximum absolute atomic E-state index is 13.0. The zero-order valence-electron chi connectivity index (χ0n) is 20.3. The second kappa shape index (κ2) is 11.5. The van der Waals surface area contributed by atoms with E-state index >= 15 is 0 Å². The molecule has 1 fully saturated rings. The molecule has 2 N–H and O–H groups in total. The molecular formula is C28H32ClN3O3. The molecule has 1 amide bonds. The number of benzene rings is 1. The molecule has 1 aromatic carbocycles. The van der Waals surface area contributed by atoms with Crippen LogP contribution in [0.25, 0.3) is 10.9 Å². The predicted octanol–water partition coefficient (Wildman–Crippen LogP) is 5.67. The molecule has 4 rings (SSSR count). The molecule has 2 aliphatic rings. The van der Waals surface area contributed by atoms with Crippen LogP contribution in [-0.2, 0) is 15.9 Å². The molecule has 1 aromatic heterocycles. The van der Waals surface area contributed by atoms with Gasteiger partial charge in [-0.05, 0) is 87.7 Å². The van der Waals surface area contributed by atoms with E-state index in [9.17, 15) is 4.79 Å². The first kappa shape index (κ1) is 25.0. The van der Waals surface area contributed by atoms with Crippen LogP contribution in [0.4, 0.5) is 4.79 Å². The summed E-state index contributed by atoms with van der Waals surface area (Å²) in [7, 11) is 0. The average Bonchev–Trinajstić information content (AvgIpc) is 3.24. The fraction of sp³-hybridized carbons (Fsp3) is 0.393. The van der Waals surface area contributed by atoms with E-state index < -0.39 is 12.1 Å². The van der Waals surface area contributed by atoms with Crippen molar-refractivity contribution in [1.82, 2.24) is 15.2 Å². The molecule has 7 heteroatoms. The van der Waals surface area contributed by atoms with Gasteiger partial charge in [0.1, 0.15) is 17.9 Å². The van der Waals surface area contributed by atoms with Crippen molar-refractivity contribution in [3.63, 3.8) is 0 Å². The molecule has 0 saturated carbocycles. The summed E-state index contributed by atoms with van der Waals surface area (Å²) in [6.07, 6.45) is 8.27. The molecule has 0 unspecified atom stereocenters. The number of fused-ring (bicyclic) bond motifs is 3. The molecule has 2 aliphatic heterocycles. The fourth-order valence-electron chi connectivity index (χ4n) is 4.69. The van der Waals surface area contributed by atoms with Crippen LogP contribution in [0.5, 0.6) is 0 Å². The van der Waals surface area contributed by atoms with Gasteiger partial charge in [-0.1, -0.05) is 30.2 Å². The number of carbonyl (C=O) groups excluding carboxylic acids is 1. The Balaban J connectivity index is 1.62. The van der Waals surface area contributed by atoms with Gasteiger partial charge in [-0.2, -0.15) is 0 Å². The Labute approximate surface area is 212 Å².